The fourth-order valence-electron chi connectivity index (χ4n) is 2.17. The maximum Gasteiger partial charge on any atom is 0.240 e. The van der Waals surface area contributed by atoms with Crippen LogP contribution in [-0.2, 0) is 16.4 Å². The van der Waals surface area contributed by atoms with Crippen LogP contribution in [0.15, 0.2) is 47.4 Å². The molecule has 0 aliphatic carbocycles. The highest BCUT2D eigenvalue weighted by atomic mass is 127. The van der Waals surface area contributed by atoms with Gasteiger partial charge in [-0.15, -0.1) is 0 Å². The molecule has 0 aromatic heterocycles. The summed E-state index contributed by atoms with van der Waals surface area (Å²) in [6, 6.07) is 12.4. The topological polar surface area (TPSA) is 64.6 Å². The van der Waals surface area contributed by atoms with Crippen molar-refractivity contribution in [1.82, 2.24) is 4.72 Å². The van der Waals surface area contributed by atoms with Crippen LogP contribution in [0.1, 0.15) is 12.5 Å². The van der Waals surface area contributed by atoms with Gasteiger partial charge in [0.15, 0.2) is 11.5 Å². The van der Waals surface area contributed by atoms with E-state index in [0.717, 1.165) is 9.13 Å². The molecule has 0 atom stereocenters. The zero-order valence-corrected chi connectivity index (χ0v) is 16.6. The van der Waals surface area contributed by atoms with Crippen molar-refractivity contribution in [3.8, 4) is 11.5 Å². The van der Waals surface area contributed by atoms with E-state index in [1.807, 2.05) is 25.1 Å². The molecule has 0 spiro atoms. The van der Waals surface area contributed by atoms with E-state index < -0.39 is 10.0 Å². The van der Waals surface area contributed by atoms with Gasteiger partial charge in [-0.05, 0) is 77.9 Å². The van der Waals surface area contributed by atoms with Crippen molar-refractivity contribution in [1.29, 1.82) is 0 Å². The van der Waals surface area contributed by atoms with Crippen molar-refractivity contribution < 1.29 is 17.9 Å². The van der Waals surface area contributed by atoms with Crippen molar-refractivity contribution in [2.75, 3.05) is 20.3 Å². The highest BCUT2D eigenvalue weighted by Gasteiger charge is 2.13. The molecule has 5 nitrogen and oxygen atoms in total. The van der Waals surface area contributed by atoms with E-state index in [4.69, 9.17) is 9.47 Å². The van der Waals surface area contributed by atoms with Gasteiger partial charge in [-0.1, -0.05) is 6.07 Å². The molecule has 7 heteroatoms. The quantitative estimate of drug-likeness (QED) is 0.614. The molecule has 130 valence electrons. The molecule has 0 aliphatic heterocycles. The predicted octanol–water partition coefficient (Wildman–Crippen LogP) is 3.22. The summed E-state index contributed by atoms with van der Waals surface area (Å²) >= 11 is 2.14. The first-order valence-electron chi connectivity index (χ1n) is 7.51. The van der Waals surface area contributed by atoms with E-state index in [1.165, 1.54) is 0 Å². The second-order valence-corrected chi connectivity index (χ2v) is 8.03. The number of methoxy groups -OCH3 is 1. The molecule has 0 heterocycles. The minimum Gasteiger partial charge on any atom is -0.493 e. The molecule has 1 N–H and O–H groups in total. The van der Waals surface area contributed by atoms with Crippen molar-refractivity contribution in [2.45, 2.75) is 18.2 Å². The smallest absolute Gasteiger partial charge is 0.240 e. The van der Waals surface area contributed by atoms with Crippen LogP contribution in [0.2, 0.25) is 0 Å². The van der Waals surface area contributed by atoms with E-state index in [9.17, 15) is 8.42 Å². The summed E-state index contributed by atoms with van der Waals surface area (Å²) in [5, 5.41) is 0. The summed E-state index contributed by atoms with van der Waals surface area (Å²) in [6.07, 6.45) is 0.562. The molecule has 2 aromatic rings. The molecule has 2 rings (SSSR count). The highest BCUT2D eigenvalue weighted by Crippen LogP contribution is 2.28. The van der Waals surface area contributed by atoms with Crippen LogP contribution in [0.4, 0.5) is 0 Å². The molecular weight excluding hydrogens is 441 g/mol. The third-order valence-electron chi connectivity index (χ3n) is 3.36. The number of ether oxygens (including phenoxy) is 2. The zero-order valence-electron chi connectivity index (χ0n) is 13.6. The summed E-state index contributed by atoms with van der Waals surface area (Å²) in [4.78, 5) is 0.271. The first kappa shape index (κ1) is 19.0. The molecule has 0 saturated carbocycles. The average molecular weight is 461 g/mol. The molecule has 0 saturated heterocycles. The van der Waals surface area contributed by atoms with Crippen molar-refractivity contribution in [3.05, 3.63) is 51.6 Å². The number of benzene rings is 2. The second-order valence-electron chi connectivity index (χ2n) is 5.02. The molecule has 2 aromatic carbocycles. The Balaban J connectivity index is 1.99. The molecule has 0 amide bonds. The Morgan fingerprint density at radius 3 is 2.42 bits per heavy atom. The van der Waals surface area contributed by atoms with Gasteiger partial charge in [-0.2, -0.15) is 0 Å². The van der Waals surface area contributed by atoms with E-state index in [1.54, 1.807) is 31.4 Å². The summed E-state index contributed by atoms with van der Waals surface area (Å²) < 4.78 is 38.9. The van der Waals surface area contributed by atoms with Crippen LogP contribution in [0, 0.1) is 3.57 Å². The van der Waals surface area contributed by atoms with Crippen LogP contribution < -0.4 is 14.2 Å². The van der Waals surface area contributed by atoms with Crippen molar-refractivity contribution in [3.63, 3.8) is 0 Å². The normalized spacial score (nSPS) is 11.3. The van der Waals surface area contributed by atoms with Gasteiger partial charge in [-0.25, -0.2) is 13.1 Å². The van der Waals surface area contributed by atoms with Gasteiger partial charge in [0.1, 0.15) is 0 Å². The number of hydrogen-bond acceptors (Lipinski definition) is 4. The fraction of sp³-hybridized carbons (Fsp3) is 0.294. The van der Waals surface area contributed by atoms with Crippen LogP contribution in [0.25, 0.3) is 0 Å². The largest absolute Gasteiger partial charge is 0.493 e. The molecule has 0 radical (unpaired) electrons. The van der Waals surface area contributed by atoms with Gasteiger partial charge in [0.05, 0.1) is 18.6 Å². The van der Waals surface area contributed by atoms with E-state index in [0.29, 0.717) is 31.1 Å². The van der Waals surface area contributed by atoms with E-state index >= 15 is 0 Å². The lowest BCUT2D eigenvalue weighted by Gasteiger charge is -2.11. The average Bonchev–Trinajstić information content (AvgIpc) is 2.56. The lowest BCUT2D eigenvalue weighted by Crippen LogP contribution is -2.26. The lowest BCUT2D eigenvalue weighted by atomic mass is 10.1. The molecule has 0 unspecified atom stereocenters. The molecule has 24 heavy (non-hydrogen) atoms. The summed E-state index contributed by atoms with van der Waals surface area (Å²) in [6.45, 7) is 2.78. The zero-order chi connectivity index (χ0) is 17.6. The fourth-order valence-corrected chi connectivity index (χ4v) is 3.56. The summed E-state index contributed by atoms with van der Waals surface area (Å²) in [5.41, 5.74) is 0.973. The lowest BCUT2D eigenvalue weighted by molar-refractivity contribution is 0.310. The monoisotopic (exact) mass is 461 g/mol. The second kappa shape index (κ2) is 8.68. The van der Waals surface area contributed by atoms with Gasteiger partial charge < -0.3 is 9.47 Å². The minimum atomic E-state index is -3.49. The Kier molecular flexibility index (Phi) is 6.88. The van der Waals surface area contributed by atoms with Crippen molar-refractivity contribution in [2.24, 2.45) is 0 Å². The number of nitrogens with one attached hydrogen (secondary N) is 1. The molecule has 0 bridgehead atoms. The van der Waals surface area contributed by atoms with Gasteiger partial charge in [0.25, 0.3) is 0 Å². The van der Waals surface area contributed by atoms with Crippen LogP contribution in [0.3, 0.4) is 0 Å². The SMILES string of the molecule is CCOc1ccc(CCNS(=O)(=O)c2ccc(I)cc2)cc1OC. The Labute approximate surface area is 156 Å². The Morgan fingerprint density at radius 2 is 1.79 bits per heavy atom. The highest BCUT2D eigenvalue weighted by molar-refractivity contribution is 14.1. The Morgan fingerprint density at radius 1 is 1.08 bits per heavy atom. The maximum absolute atomic E-state index is 12.2. The minimum absolute atomic E-state index is 0.271. The number of sulfonamides is 1. The number of rotatable bonds is 8. The van der Waals surface area contributed by atoms with Gasteiger partial charge in [0, 0.05) is 10.1 Å². The summed E-state index contributed by atoms with van der Waals surface area (Å²) in [5.74, 6) is 1.33. The van der Waals surface area contributed by atoms with Crippen LogP contribution >= 0.6 is 22.6 Å². The first-order chi connectivity index (χ1) is 11.5. The van der Waals surface area contributed by atoms with Crippen molar-refractivity contribution >= 4 is 32.6 Å². The van der Waals surface area contributed by atoms with Crippen LogP contribution in [0.5, 0.6) is 11.5 Å². The van der Waals surface area contributed by atoms with Gasteiger partial charge in [0.2, 0.25) is 10.0 Å². The standard InChI is InChI=1S/C17H20INO4S/c1-3-23-16-9-4-13(12-17(16)22-2)10-11-19-24(20,21)15-7-5-14(18)6-8-15/h4-9,12,19H,3,10-11H2,1-2H3. The maximum atomic E-state index is 12.2. The summed E-state index contributed by atoms with van der Waals surface area (Å²) in [7, 11) is -1.90. The van der Waals surface area contributed by atoms with Crippen LogP contribution in [-0.4, -0.2) is 28.7 Å². The molecule has 0 fully saturated rings. The first-order valence-corrected chi connectivity index (χ1v) is 10.1. The third kappa shape index (κ3) is 5.09. The predicted molar refractivity (Wildman–Crippen MR) is 102 cm³/mol. The Hall–Kier alpha value is -1.32. The molecule has 0 aliphatic rings. The van der Waals surface area contributed by atoms with Gasteiger partial charge in [-0.3, -0.25) is 0 Å². The number of halogens is 1. The number of hydrogen-bond donors (Lipinski definition) is 1. The van der Waals surface area contributed by atoms with E-state index in [-0.39, 0.29) is 4.90 Å². The molecular formula is C17H20INO4S. The van der Waals surface area contributed by atoms with E-state index in [2.05, 4.69) is 27.3 Å². The third-order valence-corrected chi connectivity index (χ3v) is 5.55. The Bertz CT molecular complexity index is 776. The van der Waals surface area contributed by atoms with Gasteiger partial charge >= 0.3 is 0 Å².